The molecule has 1 aromatic rings. The van der Waals surface area contributed by atoms with Gasteiger partial charge in [-0.3, -0.25) is 9.69 Å². The zero-order chi connectivity index (χ0) is 16.5. The molecule has 1 aliphatic rings. The van der Waals surface area contributed by atoms with Crippen LogP contribution in [-0.4, -0.2) is 46.8 Å². The molecule has 1 fully saturated rings. The van der Waals surface area contributed by atoms with E-state index in [4.69, 9.17) is 5.73 Å². The molecular weight excluding hydrogens is 349 g/mol. The van der Waals surface area contributed by atoms with Crippen LogP contribution in [0.1, 0.15) is 39.8 Å². The maximum Gasteiger partial charge on any atom is 0.239 e. The number of rotatable bonds is 4. The Balaban J connectivity index is 0.00000264. The van der Waals surface area contributed by atoms with E-state index in [9.17, 15) is 4.79 Å². The molecule has 6 nitrogen and oxygen atoms in total. The minimum Gasteiger partial charge on any atom is -0.330 e. The summed E-state index contributed by atoms with van der Waals surface area (Å²) in [7, 11) is 0. The predicted octanol–water partition coefficient (Wildman–Crippen LogP) is 2.40. The third kappa shape index (κ3) is 5.62. The van der Waals surface area contributed by atoms with Crippen molar-refractivity contribution >= 4 is 36.5 Å². The summed E-state index contributed by atoms with van der Waals surface area (Å²) in [4.78, 5) is 14.5. The van der Waals surface area contributed by atoms with E-state index in [-0.39, 0.29) is 41.7 Å². The predicted molar refractivity (Wildman–Crippen MR) is 103 cm³/mol. The number of halogens is 2. The van der Waals surface area contributed by atoms with Gasteiger partial charge in [-0.2, -0.15) is 5.10 Å². The lowest BCUT2D eigenvalue weighted by atomic mass is 9.90. The summed E-state index contributed by atoms with van der Waals surface area (Å²) in [6, 6.07) is 1.91. The standard InChI is InChI=1S/C16H29N5O.2ClH/c1-12-8-13(21(19-12)15(2,3)4)18-14(22)9-20-7-6-16(5,10-17)11-20;;/h8H,6-7,9-11,17H2,1-5H3,(H,18,22);2*1H. The zero-order valence-electron chi connectivity index (χ0n) is 15.3. The second-order valence-electron chi connectivity index (χ2n) is 7.78. The van der Waals surface area contributed by atoms with Gasteiger partial charge in [-0.1, -0.05) is 6.92 Å². The zero-order valence-corrected chi connectivity index (χ0v) is 16.9. The SMILES string of the molecule is Cc1cc(NC(=O)CN2CCC(C)(CN)C2)n(C(C)(C)C)n1.Cl.Cl. The van der Waals surface area contributed by atoms with Gasteiger partial charge in [-0.05, 0) is 52.6 Å². The molecule has 24 heavy (non-hydrogen) atoms. The molecule has 0 bridgehead atoms. The molecule has 0 spiro atoms. The van der Waals surface area contributed by atoms with Crippen LogP contribution in [0.15, 0.2) is 6.07 Å². The number of anilines is 1. The molecule has 140 valence electrons. The second-order valence-corrected chi connectivity index (χ2v) is 7.78. The minimum atomic E-state index is -0.164. The van der Waals surface area contributed by atoms with Gasteiger partial charge in [0, 0.05) is 12.6 Å². The largest absolute Gasteiger partial charge is 0.330 e. The van der Waals surface area contributed by atoms with Crippen LogP contribution in [0.5, 0.6) is 0 Å². The number of aryl methyl sites for hydroxylation is 1. The Kier molecular flexibility index (Phi) is 8.23. The van der Waals surface area contributed by atoms with Crippen molar-refractivity contribution < 1.29 is 4.79 Å². The average molecular weight is 380 g/mol. The Hall–Kier alpha value is -0.820. The lowest BCUT2D eigenvalue weighted by molar-refractivity contribution is -0.117. The molecule has 1 saturated heterocycles. The molecule has 0 aliphatic carbocycles. The summed E-state index contributed by atoms with van der Waals surface area (Å²) in [6.45, 7) is 13.2. The first-order valence-corrected chi connectivity index (χ1v) is 7.92. The number of nitrogens with one attached hydrogen (secondary N) is 1. The lowest BCUT2D eigenvalue weighted by Gasteiger charge is -2.24. The Bertz CT molecular complexity index is 555. The molecule has 3 N–H and O–H groups in total. The van der Waals surface area contributed by atoms with Crippen molar-refractivity contribution in [2.75, 3.05) is 31.5 Å². The highest BCUT2D eigenvalue weighted by Gasteiger charge is 2.33. The first-order chi connectivity index (χ1) is 10.1. The Morgan fingerprint density at radius 3 is 2.54 bits per heavy atom. The molecule has 1 amide bonds. The summed E-state index contributed by atoms with van der Waals surface area (Å²) in [5, 5.41) is 7.47. The van der Waals surface area contributed by atoms with E-state index in [1.165, 1.54) is 0 Å². The number of nitrogens with zero attached hydrogens (tertiary/aromatic N) is 3. The van der Waals surface area contributed by atoms with Gasteiger partial charge in [0.05, 0.1) is 17.8 Å². The molecule has 2 heterocycles. The van der Waals surface area contributed by atoms with Crippen molar-refractivity contribution in [3.05, 3.63) is 11.8 Å². The molecule has 0 saturated carbocycles. The van der Waals surface area contributed by atoms with Crippen LogP contribution in [0.3, 0.4) is 0 Å². The van der Waals surface area contributed by atoms with Crippen LogP contribution in [0, 0.1) is 12.3 Å². The fraction of sp³-hybridized carbons (Fsp3) is 0.750. The summed E-state index contributed by atoms with van der Waals surface area (Å²) < 4.78 is 1.87. The highest BCUT2D eigenvalue weighted by Crippen LogP contribution is 2.28. The van der Waals surface area contributed by atoms with Gasteiger partial charge in [0.2, 0.25) is 5.91 Å². The Morgan fingerprint density at radius 2 is 2.04 bits per heavy atom. The fourth-order valence-corrected chi connectivity index (χ4v) is 2.91. The topological polar surface area (TPSA) is 76.2 Å². The van der Waals surface area contributed by atoms with Crippen LogP contribution >= 0.6 is 24.8 Å². The number of carbonyl (C=O) groups excluding carboxylic acids is 1. The van der Waals surface area contributed by atoms with Crippen LogP contribution in [0.25, 0.3) is 0 Å². The smallest absolute Gasteiger partial charge is 0.239 e. The summed E-state index contributed by atoms with van der Waals surface area (Å²) in [6.07, 6.45) is 1.05. The van der Waals surface area contributed by atoms with Gasteiger partial charge < -0.3 is 11.1 Å². The van der Waals surface area contributed by atoms with E-state index in [2.05, 4.69) is 43.0 Å². The summed E-state index contributed by atoms with van der Waals surface area (Å²) >= 11 is 0. The number of likely N-dealkylation sites (tertiary alicyclic amines) is 1. The van der Waals surface area contributed by atoms with E-state index in [0.717, 1.165) is 31.0 Å². The monoisotopic (exact) mass is 379 g/mol. The van der Waals surface area contributed by atoms with Gasteiger partial charge in [0.15, 0.2) is 0 Å². The van der Waals surface area contributed by atoms with Crippen molar-refractivity contribution in [1.29, 1.82) is 0 Å². The quantitative estimate of drug-likeness (QED) is 0.841. The van der Waals surface area contributed by atoms with Crippen molar-refractivity contribution in [3.8, 4) is 0 Å². The highest BCUT2D eigenvalue weighted by molar-refractivity contribution is 5.91. The van der Waals surface area contributed by atoms with E-state index in [1.807, 2.05) is 17.7 Å². The minimum absolute atomic E-state index is 0. The first-order valence-electron chi connectivity index (χ1n) is 7.92. The van der Waals surface area contributed by atoms with Gasteiger partial charge in [0.1, 0.15) is 5.82 Å². The molecule has 0 radical (unpaired) electrons. The molecule has 8 heteroatoms. The third-order valence-corrected chi connectivity index (χ3v) is 4.23. The molecule has 0 aromatic carbocycles. The molecule has 1 atom stereocenters. The van der Waals surface area contributed by atoms with Crippen molar-refractivity contribution in [1.82, 2.24) is 14.7 Å². The number of hydrogen-bond donors (Lipinski definition) is 2. The molecule has 1 aliphatic heterocycles. The maximum atomic E-state index is 12.3. The van der Waals surface area contributed by atoms with Crippen molar-refractivity contribution in [3.63, 3.8) is 0 Å². The second kappa shape index (κ2) is 8.52. The lowest BCUT2D eigenvalue weighted by Crippen LogP contribution is -2.36. The van der Waals surface area contributed by atoms with Gasteiger partial charge in [0.25, 0.3) is 0 Å². The van der Waals surface area contributed by atoms with Gasteiger partial charge in [-0.15, -0.1) is 24.8 Å². The van der Waals surface area contributed by atoms with Gasteiger partial charge in [-0.25, -0.2) is 4.68 Å². The van der Waals surface area contributed by atoms with E-state index < -0.39 is 0 Å². The third-order valence-electron chi connectivity index (χ3n) is 4.23. The maximum absolute atomic E-state index is 12.3. The fourth-order valence-electron chi connectivity index (χ4n) is 2.91. The van der Waals surface area contributed by atoms with E-state index in [0.29, 0.717) is 13.1 Å². The van der Waals surface area contributed by atoms with Gasteiger partial charge >= 0.3 is 0 Å². The van der Waals surface area contributed by atoms with Crippen LogP contribution in [-0.2, 0) is 10.3 Å². The Morgan fingerprint density at radius 1 is 1.42 bits per heavy atom. The first kappa shape index (κ1) is 23.2. The number of amides is 1. The summed E-state index contributed by atoms with van der Waals surface area (Å²) in [5.74, 6) is 0.766. The van der Waals surface area contributed by atoms with E-state index in [1.54, 1.807) is 0 Å². The normalized spacial score (nSPS) is 21.1. The summed E-state index contributed by atoms with van der Waals surface area (Å²) in [5.41, 5.74) is 6.70. The molecular formula is C16H31Cl2N5O. The van der Waals surface area contributed by atoms with Crippen molar-refractivity contribution in [2.45, 2.75) is 46.6 Å². The highest BCUT2D eigenvalue weighted by atomic mass is 35.5. The molecule has 1 unspecified atom stereocenters. The van der Waals surface area contributed by atoms with Crippen LogP contribution < -0.4 is 11.1 Å². The van der Waals surface area contributed by atoms with Crippen LogP contribution in [0.2, 0.25) is 0 Å². The Labute approximate surface area is 157 Å². The van der Waals surface area contributed by atoms with Crippen molar-refractivity contribution in [2.24, 2.45) is 11.1 Å². The molecule has 1 aromatic heterocycles. The number of nitrogens with two attached hydrogens (primary N) is 1. The van der Waals surface area contributed by atoms with E-state index >= 15 is 0 Å². The number of hydrogen-bond acceptors (Lipinski definition) is 4. The number of aromatic nitrogens is 2. The van der Waals surface area contributed by atoms with Crippen LogP contribution in [0.4, 0.5) is 5.82 Å². The molecule has 2 rings (SSSR count). The number of carbonyl (C=O) groups is 1. The average Bonchev–Trinajstić information content (AvgIpc) is 2.93.